The second-order valence-electron chi connectivity index (χ2n) is 7.01. The number of hydrogen-bond acceptors (Lipinski definition) is 0. The van der Waals surface area contributed by atoms with Crippen LogP contribution in [-0.2, 0) is 0 Å². The van der Waals surface area contributed by atoms with Crippen molar-refractivity contribution in [2.45, 2.75) is 37.0 Å². The van der Waals surface area contributed by atoms with Gasteiger partial charge in [0.1, 0.15) is 0 Å². The van der Waals surface area contributed by atoms with Gasteiger partial charge in [-0.15, -0.1) is 0 Å². The van der Waals surface area contributed by atoms with E-state index >= 15 is 0 Å². The Labute approximate surface area is 160 Å². The summed E-state index contributed by atoms with van der Waals surface area (Å²) in [6.07, 6.45) is 5.54. The van der Waals surface area contributed by atoms with Gasteiger partial charge in [0.25, 0.3) is 0 Å². The molecule has 3 aromatic carbocycles. The van der Waals surface area contributed by atoms with Gasteiger partial charge in [-0.3, -0.25) is 0 Å². The van der Waals surface area contributed by atoms with Crippen LogP contribution in [0.25, 0.3) is 0 Å². The Kier molecular flexibility index (Phi) is 6.16. The van der Waals surface area contributed by atoms with E-state index in [2.05, 4.69) is 91.0 Å². The highest BCUT2D eigenvalue weighted by atomic mass is 31.1. The van der Waals surface area contributed by atoms with Crippen molar-refractivity contribution in [1.29, 1.82) is 0 Å². The molecule has 4 rings (SSSR count). The molecule has 0 N–H and O–H groups in total. The molecule has 132 valence electrons. The molecule has 0 heterocycles. The van der Waals surface area contributed by atoms with Crippen LogP contribution >= 0.6 is 16.5 Å². The second kappa shape index (κ2) is 8.94. The molecule has 0 aliphatic heterocycles. The monoisotopic (exact) mass is 376 g/mol. The van der Waals surface area contributed by atoms with Crippen LogP contribution in [0.5, 0.6) is 0 Å². The first-order valence-corrected chi connectivity index (χ1v) is 12.1. The van der Waals surface area contributed by atoms with Crippen LogP contribution in [0.1, 0.15) is 25.7 Å². The lowest BCUT2D eigenvalue weighted by atomic mass is 9.99. The third-order valence-electron chi connectivity index (χ3n) is 5.26. The topological polar surface area (TPSA) is 0 Å². The summed E-state index contributed by atoms with van der Waals surface area (Å²) in [6, 6.07) is 33.7. The molecule has 3 unspecified atom stereocenters. The average Bonchev–Trinajstić information content (AvgIpc) is 2.72. The lowest BCUT2D eigenvalue weighted by Gasteiger charge is -2.38. The molecule has 0 nitrogen and oxygen atoms in total. The van der Waals surface area contributed by atoms with E-state index in [9.17, 15) is 0 Å². The van der Waals surface area contributed by atoms with Crippen molar-refractivity contribution in [2.75, 3.05) is 0 Å². The second-order valence-corrected chi connectivity index (χ2v) is 11.1. The van der Waals surface area contributed by atoms with Gasteiger partial charge in [0, 0.05) is 0 Å². The number of rotatable bonds is 5. The zero-order valence-electron chi connectivity index (χ0n) is 15.1. The standard InChI is InChI=1S/C24H26P2/c1-4-12-20(13-5-1)25-23-18-10-11-19-24(23)26(21-14-6-2-7-15-21)22-16-8-3-9-17-22/h1-9,12-17,23-25H,10-11,18-19H2. The van der Waals surface area contributed by atoms with Gasteiger partial charge in [-0.05, 0) is 48.0 Å². The van der Waals surface area contributed by atoms with Crippen LogP contribution in [-0.4, -0.2) is 11.3 Å². The summed E-state index contributed by atoms with van der Waals surface area (Å²) in [5.74, 6) is 0. The van der Waals surface area contributed by atoms with Crippen LogP contribution in [0, 0.1) is 0 Å². The lowest BCUT2D eigenvalue weighted by molar-refractivity contribution is 0.523. The van der Waals surface area contributed by atoms with E-state index in [1.807, 2.05) is 0 Å². The predicted molar refractivity (Wildman–Crippen MR) is 120 cm³/mol. The highest BCUT2D eigenvalue weighted by molar-refractivity contribution is 7.74. The van der Waals surface area contributed by atoms with Crippen molar-refractivity contribution in [3.8, 4) is 0 Å². The Morgan fingerprint density at radius 2 is 1.12 bits per heavy atom. The summed E-state index contributed by atoms with van der Waals surface area (Å²) < 4.78 is 0. The van der Waals surface area contributed by atoms with E-state index in [4.69, 9.17) is 0 Å². The van der Waals surface area contributed by atoms with Crippen molar-refractivity contribution >= 4 is 32.4 Å². The molecule has 1 fully saturated rings. The Bertz CT molecular complexity index is 747. The summed E-state index contributed by atoms with van der Waals surface area (Å²) >= 11 is 0. The van der Waals surface area contributed by atoms with E-state index in [1.165, 1.54) is 31.0 Å². The highest BCUT2D eigenvalue weighted by Gasteiger charge is 2.33. The van der Waals surface area contributed by atoms with Gasteiger partial charge in [0.2, 0.25) is 0 Å². The quantitative estimate of drug-likeness (QED) is 0.521. The fourth-order valence-corrected chi connectivity index (χ4v) is 9.24. The van der Waals surface area contributed by atoms with Gasteiger partial charge in [0.05, 0.1) is 0 Å². The van der Waals surface area contributed by atoms with Crippen LogP contribution in [0.2, 0.25) is 0 Å². The fraction of sp³-hybridized carbons (Fsp3) is 0.250. The zero-order chi connectivity index (χ0) is 17.6. The van der Waals surface area contributed by atoms with E-state index in [0.29, 0.717) is 0 Å². The maximum atomic E-state index is 2.36. The fourth-order valence-electron chi connectivity index (χ4n) is 4.05. The lowest BCUT2D eigenvalue weighted by Crippen LogP contribution is -2.33. The van der Waals surface area contributed by atoms with E-state index in [-0.39, 0.29) is 7.92 Å². The molecular formula is C24H26P2. The van der Waals surface area contributed by atoms with Crippen LogP contribution in [0.15, 0.2) is 91.0 Å². The average molecular weight is 376 g/mol. The third-order valence-corrected chi connectivity index (χ3v) is 10.3. The number of benzene rings is 3. The van der Waals surface area contributed by atoms with Crippen molar-refractivity contribution in [2.24, 2.45) is 0 Å². The Morgan fingerprint density at radius 1 is 0.615 bits per heavy atom. The van der Waals surface area contributed by atoms with Gasteiger partial charge in [-0.2, -0.15) is 0 Å². The summed E-state index contributed by atoms with van der Waals surface area (Å²) in [4.78, 5) is 0. The minimum Gasteiger partial charge on any atom is -0.0865 e. The van der Waals surface area contributed by atoms with Gasteiger partial charge >= 0.3 is 0 Å². The van der Waals surface area contributed by atoms with Crippen molar-refractivity contribution < 1.29 is 0 Å². The highest BCUT2D eigenvalue weighted by Crippen LogP contribution is 2.50. The van der Waals surface area contributed by atoms with Crippen LogP contribution < -0.4 is 15.9 Å². The van der Waals surface area contributed by atoms with Crippen molar-refractivity contribution in [3.63, 3.8) is 0 Å². The van der Waals surface area contributed by atoms with E-state index in [0.717, 1.165) is 19.9 Å². The Morgan fingerprint density at radius 3 is 1.69 bits per heavy atom. The number of hydrogen-bond donors (Lipinski definition) is 0. The zero-order valence-corrected chi connectivity index (χ0v) is 17.0. The molecule has 0 spiro atoms. The van der Waals surface area contributed by atoms with E-state index in [1.54, 1.807) is 10.6 Å². The minimum absolute atomic E-state index is 0.298. The van der Waals surface area contributed by atoms with Crippen LogP contribution in [0.4, 0.5) is 0 Å². The summed E-state index contributed by atoms with van der Waals surface area (Å²) in [5, 5.41) is 4.62. The third kappa shape index (κ3) is 4.25. The largest absolute Gasteiger partial charge is 0.0865 e. The van der Waals surface area contributed by atoms with Gasteiger partial charge in [0.15, 0.2) is 0 Å². The van der Waals surface area contributed by atoms with Gasteiger partial charge < -0.3 is 0 Å². The van der Waals surface area contributed by atoms with Crippen molar-refractivity contribution in [3.05, 3.63) is 91.0 Å². The molecule has 0 radical (unpaired) electrons. The van der Waals surface area contributed by atoms with Crippen molar-refractivity contribution in [1.82, 2.24) is 0 Å². The van der Waals surface area contributed by atoms with Gasteiger partial charge in [-0.1, -0.05) is 112 Å². The molecule has 3 atom stereocenters. The predicted octanol–water partition coefficient (Wildman–Crippen LogP) is 5.43. The Hall–Kier alpha value is -1.48. The molecular weight excluding hydrogens is 350 g/mol. The summed E-state index contributed by atoms with van der Waals surface area (Å²) in [5.41, 5.74) is 1.61. The molecule has 1 aliphatic carbocycles. The molecule has 2 heteroatoms. The smallest absolute Gasteiger partial charge is 0.00605 e. The van der Waals surface area contributed by atoms with E-state index < -0.39 is 0 Å². The van der Waals surface area contributed by atoms with Gasteiger partial charge in [-0.25, -0.2) is 0 Å². The molecule has 1 aliphatic rings. The first kappa shape index (κ1) is 17.9. The molecule has 0 amide bonds. The minimum atomic E-state index is -0.298. The molecule has 1 saturated carbocycles. The first-order valence-electron chi connectivity index (χ1n) is 9.63. The molecule has 0 saturated heterocycles. The van der Waals surface area contributed by atoms with Crippen LogP contribution in [0.3, 0.4) is 0 Å². The maximum absolute atomic E-state index is 2.36. The molecule has 0 aromatic heterocycles. The SMILES string of the molecule is c1ccc(PC2CCCCC2P(c2ccccc2)c2ccccc2)cc1. The summed E-state index contributed by atoms with van der Waals surface area (Å²) in [7, 11) is 0.635. The molecule has 26 heavy (non-hydrogen) atoms. The first-order chi connectivity index (χ1) is 12.9. The summed E-state index contributed by atoms with van der Waals surface area (Å²) in [6.45, 7) is 0. The Balaban J connectivity index is 1.68. The molecule has 0 bridgehead atoms. The molecule has 3 aromatic rings. The normalized spacial score (nSPS) is 20.7. The maximum Gasteiger partial charge on any atom is -0.00605 e.